The predicted molar refractivity (Wildman–Crippen MR) is 128 cm³/mol. The maximum atomic E-state index is 6.30. The zero-order chi connectivity index (χ0) is 21.8. The van der Waals surface area contributed by atoms with Gasteiger partial charge < -0.3 is 14.7 Å². The number of hydrogen-bond acceptors (Lipinski definition) is 3. The second-order valence-electron chi connectivity index (χ2n) is 8.76. The Labute approximate surface area is 186 Å². The van der Waals surface area contributed by atoms with Crippen LogP contribution >= 0.6 is 0 Å². The Hall–Kier alpha value is -3.86. The molecule has 5 nitrogen and oxygen atoms in total. The number of ether oxygens (including phenoxy) is 1. The minimum Gasteiger partial charge on any atom is -0.488 e. The van der Waals surface area contributed by atoms with E-state index in [9.17, 15) is 0 Å². The number of aromatic amines is 2. The van der Waals surface area contributed by atoms with E-state index in [0.717, 1.165) is 56.2 Å². The molecule has 0 saturated heterocycles. The first-order chi connectivity index (χ1) is 15.6. The van der Waals surface area contributed by atoms with Crippen LogP contribution in [0.25, 0.3) is 44.4 Å². The van der Waals surface area contributed by atoms with Crippen molar-refractivity contribution in [3.63, 3.8) is 0 Å². The number of hydrogen-bond donors (Lipinski definition) is 2. The minimum atomic E-state index is 0.377. The number of nitrogens with zero attached hydrogens (tertiary/aromatic N) is 2. The summed E-state index contributed by atoms with van der Waals surface area (Å²) < 4.78 is 6.30. The molecule has 0 unspecified atom stereocenters. The van der Waals surface area contributed by atoms with E-state index >= 15 is 0 Å². The van der Waals surface area contributed by atoms with Crippen LogP contribution in [0.15, 0.2) is 60.9 Å². The van der Waals surface area contributed by atoms with E-state index in [1.54, 1.807) is 0 Å². The highest BCUT2D eigenvalue weighted by Crippen LogP contribution is 2.43. The van der Waals surface area contributed by atoms with E-state index in [4.69, 9.17) is 4.74 Å². The number of nitrogens with one attached hydrogen (secondary N) is 2. The Morgan fingerprint density at radius 1 is 0.844 bits per heavy atom. The molecule has 32 heavy (non-hydrogen) atoms. The normalized spacial score (nSPS) is 12.6. The van der Waals surface area contributed by atoms with Gasteiger partial charge in [-0.15, -0.1) is 0 Å². The summed E-state index contributed by atoms with van der Waals surface area (Å²) >= 11 is 0. The Kier molecular flexibility index (Phi) is 4.18. The van der Waals surface area contributed by atoms with Crippen molar-refractivity contribution in [3.8, 4) is 39.4 Å². The maximum absolute atomic E-state index is 6.30. The molecule has 1 aliphatic rings. The van der Waals surface area contributed by atoms with Crippen molar-refractivity contribution < 1.29 is 4.74 Å². The first-order valence-electron chi connectivity index (χ1n) is 11.0. The van der Waals surface area contributed by atoms with E-state index in [2.05, 4.69) is 82.3 Å². The van der Waals surface area contributed by atoms with E-state index in [1.165, 1.54) is 11.1 Å². The Bertz CT molecular complexity index is 1470. The van der Waals surface area contributed by atoms with Crippen LogP contribution < -0.4 is 4.74 Å². The van der Waals surface area contributed by atoms with Crippen molar-refractivity contribution in [2.45, 2.75) is 33.3 Å². The molecule has 2 aromatic heterocycles. The Morgan fingerprint density at radius 2 is 1.59 bits per heavy atom. The molecule has 0 atom stereocenters. The van der Waals surface area contributed by atoms with Gasteiger partial charge in [0.05, 0.1) is 23.8 Å². The molecule has 0 radical (unpaired) electrons. The number of rotatable bonds is 3. The van der Waals surface area contributed by atoms with Crippen LogP contribution in [0.1, 0.15) is 37.0 Å². The van der Waals surface area contributed by atoms with E-state index < -0.39 is 0 Å². The summed E-state index contributed by atoms with van der Waals surface area (Å²) in [5, 5.41) is 2.29. The highest BCUT2D eigenvalue weighted by atomic mass is 16.5. The van der Waals surface area contributed by atoms with Crippen molar-refractivity contribution in [1.82, 2.24) is 19.9 Å². The lowest BCUT2D eigenvalue weighted by Crippen LogP contribution is -2.06. The van der Waals surface area contributed by atoms with Gasteiger partial charge in [-0.2, -0.15) is 0 Å². The largest absolute Gasteiger partial charge is 0.488 e. The number of aromatic nitrogens is 4. The molecule has 0 fully saturated rings. The van der Waals surface area contributed by atoms with Gasteiger partial charge in [-0.25, -0.2) is 9.97 Å². The van der Waals surface area contributed by atoms with Crippen LogP contribution in [-0.4, -0.2) is 19.9 Å². The molecule has 158 valence electrons. The van der Waals surface area contributed by atoms with E-state index in [-0.39, 0.29) is 0 Å². The van der Waals surface area contributed by atoms with Crippen molar-refractivity contribution in [2.75, 3.05) is 0 Å². The zero-order valence-electron chi connectivity index (χ0n) is 18.4. The van der Waals surface area contributed by atoms with Gasteiger partial charge in [0, 0.05) is 22.4 Å². The highest BCUT2D eigenvalue weighted by molar-refractivity contribution is 5.98. The van der Waals surface area contributed by atoms with Crippen LogP contribution in [0.3, 0.4) is 0 Å². The summed E-state index contributed by atoms with van der Waals surface area (Å²) in [6, 6.07) is 17.4. The van der Waals surface area contributed by atoms with Gasteiger partial charge in [-0.1, -0.05) is 44.2 Å². The molecule has 3 aromatic carbocycles. The number of benzene rings is 3. The summed E-state index contributed by atoms with van der Waals surface area (Å²) in [4.78, 5) is 15.6. The molecule has 3 heterocycles. The number of aryl methyl sites for hydroxylation is 1. The second kappa shape index (κ2) is 7.09. The second-order valence-corrected chi connectivity index (χ2v) is 8.76. The lowest BCUT2D eigenvalue weighted by atomic mass is 9.92. The summed E-state index contributed by atoms with van der Waals surface area (Å²) in [6.07, 6.45) is 3.80. The van der Waals surface area contributed by atoms with Gasteiger partial charge in [0.2, 0.25) is 0 Å². The van der Waals surface area contributed by atoms with Gasteiger partial charge in [0.1, 0.15) is 24.0 Å². The summed E-state index contributed by atoms with van der Waals surface area (Å²) in [7, 11) is 0. The molecule has 0 aliphatic carbocycles. The first-order valence-corrected chi connectivity index (χ1v) is 11.0. The highest BCUT2D eigenvalue weighted by Gasteiger charge is 2.21. The zero-order valence-corrected chi connectivity index (χ0v) is 18.4. The Morgan fingerprint density at radius 3 is 2.38 bits per heavy atom. The molecule has 5 aromatic rings. The number of H-pyrrole nitrogens is 2. The van der Waals surface area contributed by atoms with Crippen LogP contribution in [0.4, 0.5) is 0 Å². The maximum Gasteiger partial charge on any atom is 0.135 e. The molecular formula is C27H24N4O. The molecule has 1 aliphatic heterocycles. The third-order valence-corrected chi connectivity index (χ3v) is 6.21. The standard InChI is InChI=1S/C27H24N4O/c1-15(2)27-29-13-25(31-27)19-5-7-21-20(11-19)14-32-26-22-8-6-18(24-12-28-16(3)30-24)10-17(22)4-9-23(21)26/h4-13,15H,14H2,1-3H3,(H,28,30)(H,29,31). The van der Waals surface area contributed by atoms with Gasteiger partial charge in [-0.3, -0.25) is 0 Å². The fraction of sp³-hybridized carbons (Fsp3) is 0.185. The van der Waals surface area contributed by atoms with E-state index in [0.29, 0.717) is 12.5 Å². The number of imidazole rings is 2. The third-order valence-electron chi connectivity index (χ3n) is 6.21. The smallest absolute Gasteiger partial charge is 0.135 e. The van der Waals surface area contributed by atoms with Crippen LogP contribution in [0.5, 0.6) is 5.75 Å². The molecule has 2 N–H and O–H groups in total. The topological polar surface area (TPSA) is 66.6 Å². The van der Waals surface area contributed by atoms with Crippen molar-refractivity contribution >= 4 is 10.8 Å². The molecule has 0 bridgehead atoms. The molecular weight excluding hydrogens is 396 g/mol. The molecule has 0 amide bonds. The average molecular weight is 421 g/mol. The predicted octanol–water partition coefficient (Wildman–Crippen LogP) is 6.61. The third kappa shape index (κ3) is 3.01. The fourth-order valence-electron chi connectivity index (χ4n) is 4.47. The van der Waals surface area contributed by atoms with Gasteiger partial charge in [0.25, 0.3) is 0 Å². The van der Waals surface area contributed by atoms with Gasteiger partial charge >= 0.3 is 0 Å². The summed E-state index contributed by atoms with van der Waals surface area (Å²) in [6.45, 7) is 6.81. The fourth-order valence-corrected chi connectivity index (χ4v) is 4.47. The molecule has 6 rings (SSSR count). The lowest BCUT2D eigenvalue weighted by Gasteiger charge is -2.23. The number of fused-ring (bicyclic) bond motifs is 5. The monoisotopic (exact) mass is 420 g/mol. The van der Waals surface area contributed by atoms with Gasteiger partial charge in [-0.05, 0) is 47.2 Å². The first kappa shape index (κ1) is 18.9. The molecule has 0 saturated carbocycles. The SMILES string of the molecule is Cc1ncc(-c2ccc3c4c(ccc3c2)-c2ccc(-c3cnc(C(C)C)[nH]3)cc2CO4)[nH]1. The van der Waals surface area contributed by atoms with Crippen LogP contribution in [-0.2, 0) is 6.61 Å². The van der Waals surface area contributed by atoms with Crippen LogP contribution in [0.2, 0.25) is 0 Å². The van der Waals surface area contributed by atoms with Crippen LogP contribution in [0, 0.1) is 6.92 Å². The lowest BCUT2D eigenvalue weighted by molar-refractivity contribution is 0.306. The summed E-state index contributed by atoms with van der Waals surface area (Å²) in [5.41, 5.74) is 7.90. The minimum absolute atomic E-state index is 0.377. The van der Waals surface area contributed by atoms with Crippen molar-refractivity contribution in [1.29, 1.82) is 0 Å². The average Bonchev–Trinajstić information content (AvgIpc) is 3.47. The van der Waals surface area contributed by atoms with E-state index in [1.807, 2.05) is 19.3 Å². The molecule has 5 heteroatoms. The quantitative estimate of drug-likeness (QED) is 0.345. The Balaban J connectivity index is 1.40. The van der Waals surface area contributed by atoms with Crippen molar-refractivity contribution in [3.05, 3.63) is 78.1 Å². The summed E-state index contributed by atoms with van der Waals surface area (Å²) in [5.74, 6) is 3.26. The molecule has 0 spiro atoms. The van der Waals surface area contributed by atoms with Gasteiger partial charge in [0.15, 0.2) is 0 Å². The van der Waals surface area contributed by atoms with Crippen molar-refractivity contribution in [2.24, 2.45) is 0 Å².